The smallest absolute Gasteiger partial charge is 0.123 e. The quantitative estimate of drug-likeness (QED) is 0.762. The van der Waals surface area contributed by atoms with E-state index in [1.165, 1.54) is 12.1 Å². The van der Waals surface area contributed by atoms with Gasteiger partial charge in [0.1, 0.15) is 12.0 Å². The zero-order chi connectivity index (χ0) is 12.4. The minimum atomic E-state index is -0.204. The van der Waals surface area contributed by atoms with Crippen molar-refractivity contribution in [3.8, 4) is 0 Å². The van der Waals surface area contributed by atoms with E-state index in [0.29, 0.717) is 0 Å². The summed E-state index contributed by atoms with van der Waals surface area (Å²) in [6, 6.07) is 6.42. The van der Waals surface area contributed by atoms with Crippen LogP contribution in [0.4, 0.5) is 4.39 Å². The molecule has 0 aromatic heterocycles. The second-order valence-corrected chi connectivity index (χ2v) is 2.65. The van der Waals surface area contributed by atoms with Gasteiger partial charge in [-0.15, -0.1) is 0 Å². The standard InChI is InChI=1S/C9H9FN2.2C2H6/c10-8-3-1-7(2-4-8)9-11-5-6-12-9;2*1-2/h1-6,9,11-12H;2*1-2H3. The largest absolute Gasteiger partial charge is 0.366 e. The Labute approximate surface area is 97.6 Å². The lowest BCUT2D eigenvalue weighted by Gasteiger charge is -2.11. The zero-order valence-corrected chi connectivity index (χ0v) is 10.4. The van der Waals surface area contributed by atoms with Crippen LogP contribution in [0, 0.1) is 5.82 Å². The average Bonchev–Trinajstić information content (AvgIpc) is 2.89. The van der Waals surface area contributed by atoms with Crippen molar-refractivity contribution in [2.45, 2.75) is 33.9 Å². The first-order valence-corrected chi connectivity index (χ1v) is 5.79. The number of hydrogen-bond acceptors (Lipinski definition) is 2. The number of benzene rings is 1. The summed E-state index contributed by atoms with van der Waals surface area (Å²) < 4.78 is 12.5. The molecule has 0 bridgehead atoms. The van der Waals surface area contributed by atoms with Crippen LogP contribution in [0.25, 0.3) is 0 Å². The van der Waals surface area contributed by atoms with Gasteiger partial charge in [0.25, 0.3) is 0 Å². The highest BCUT2D eigenvalue weighted by atomic mass is 19.1. The Kier molecular flexibility index (Phi) is 7.94. The Morgan fingerprint density at radius 1 is 0.875 bits per heavy atom. The maximum Gasteiger partial charge on any atom is 0.123 e. The molecule has 0 radical (unpaired) electrons. The van der Waals surface area contributed by atoms with Crippen molar-refractivity contribution in [1.29, 1.82) is 0 Å². The minimum Gasteiger partial charge on any atom is -0.366 e. The molecule has 0 aliphatic carbocycles. The highest BCUT2D eigenvalue weighted by Crippen LogP contribution is 2.12. The fourth-order valence-corrected chi connectivity index (χ4v) is 1.18. The van der Waals surface area contributed by atoms with Crippen LogP contribution >= 0.6 is 0 Å². The summed E-state index contributed by atoms with van der Waals surface area (Å²) >= 11 is 0. The van der Waals surface area contributed by atoms with Crippen LogP contribution in [-0.4, -0.2) is 0 Å². The number of rotatable bonds is 1. The summed E-state index contributed by atoms with van der Waals surface area (Å²) in [5.74, 6) is -0.204. The van der Waals surface area contributed by atoms with Gasteiger partial charge in [0.2, 0.25) is 0 Å². The second-order valence-electron chi connectivity index (χ2n) is 2.65. The van der Waals surface area contributed by atoms with Crippen LogP contribution in [-0.2, 0) is 0 Å². The van der Waals surface area contributed by atoms with Crippen molar-refractivity contribution >= 4 is 0 Å². The Morgan fingerprint density at radius 3 is 1.75 bits per heavy atom. The lowest BCUT2D eigenvalue weighted by molar-refractivity contribution is 0.598. The molecule has 0 saturated heterocycles. The van der Waals surface area contributed by atoms with E-state index in [4.69, 9.17) is 0 Å². The molecule has 0 spiro atoms. The van der Waals surface area contributed by atoms with Gasteiger partial charge in [-0.05, 0) is 17.7 Å². The number of nitrogens with one attached hydrogen (secondary N) is 2. The van der Waals surface area contributed by atoms with Gasteiger partial charge in [0.15, 0.2) is 0 Å². The summed E-state index contributed by atoms with van der Waals surface area (Å²) in [6.07, 6.45) is 3.74. The molecule has 2 nitrogen and oxygen atoms in total. The normalized spacial score (nSPS) is 12.6. The van der Waals surface area contributed by atoms with Crippen molar-refractivity contribution < 1.29 is 4.39 Å². The molecule has 1 heterocycles. The van der Waals surface area contributed by atoms with Gasteiger partial charge in [0, 0.05) is 12.4 Å². The van der Waals surface area contributed by atoms with Gasteiger partial charge in [-0.1, -0.05) is 39.8 Å². The van der Waals surface area contributed by atoms with Crippen LogP contribution in [0.2, 0.25) is 0 Å². The van der Waals surface area contributed by atoms with Gasteiger partial charge >= 0.3 is 0 Å². The second kappa shape index (κ2) is 8.77. The molecule has 3 heteroatoms. The summed E-state index contributed by atoms with van der Waals surface area (Å²) in [4.78, 5) is 0. The average molecular weight is 224 g/mol. The first-order chi connectivity index (χ1) is 7.86. The maximum atomic E-state index is 12.5. The van der Waals surface area contributed by atoms with Gasteiger partial charge in [0.05, 0.1) is 0 Å². The Hall–Kier alpha value is -1.51. The molecule has 90 valence electrons. The minimum absolute atomic E-state index is 0.0885. The lowest BCUT2D eigenvalue weighted by atomic mass is 10.2. The number of hydrogen-bond donors (Lipinski definition) is 2. The Morgan fingerprint density at radius 2 is 1.31 bits per heavy atom. The fourth-order valence-electron chi connectivity index (χ4n) is 1.18. The zero-order valence-electron chi connectivity index (χ0n) is 10.4. The van der Waals surface area contributed by atoms with E-state index < -0.39 is 0 Å². The van der Waals surface area contributed by atoms with Crippen LogP contribution < -0.4 is 10.6 Å². The molecule has 1 aliphatic heterocycles. The van der Waals surface area contributed by atoms with Crippen molar-refractivity contribution in [3.05, 3.63) is 48.0 Å². The van der Waals surface area contributed by atoms with E-state index in [1.807, 2.05) is 40.1 Å². The number of halogens is 1. The molecule has 0 amide bonds. The van der Waals surface area contributed by atoms with Crippen LogP contribution in [0.3, 0.4) is 0 Å². The molecule has 0 saturated carbocycles. The molecule has 1 aliphatic rings. The molecule has 16 heavy (non-hydrogen) atoms. The third kappa shape index (κ3) is 4.34. The highest BCUT2D eigenvalue weighted by Gasteiger charge is 2.09. The van der Waals surface area contributed by atoms with E-state index in [0.717, 1.165) is 5.56 Å². The Bertz CT molecular complexity index is 285. The molecule has 0 atom stereocenters. The van der Waals surface area contributed by atoms with Crippen molar-refractivity contribution in [2.24, 2.45) is 0 Å². The van der Waals surface area contributed by atoms with E-state index in [1.54, 1.807) is 12.1 Å². The fraction of sp³-hybridized carbons (Fsp3) is 0.385. The highest BCUT2D eigenvalue weighted by molar-refractivity contribution is 5.21. The molecular formula is C13H21FN2. The third-order valence-corrected chi connectivity index (χ3v) is 1.81. The van der Waals surface area contributed by atoms with Gasteiger partial charge in [-0.2, -0.15) is 0 Å². The van der Waals surface area contributed by atoms with Crippen LogP contribution in [0.5, 0.6) is 0 Å². The third-order valence-electron chi connectivity index (χ3n) is 1.81. The molecule has 2 N–H and O–H groups in total. The van der Waals surface area contributed by atoms with Gasteiger partial charge < -0.3 is 10.6 Å². The monoisotopic (exact) mass is 224 g/mol. The SMILES string of the molecule is CC.CC.Fc1ccc(C2NC=CN2)cc1. The molecule has 1 aromatic rings. The molecule has 1 aromatic carbocycles. The van der Waals surface area contributed by atoms with Gasteiger partial charge in [-0.3, -0.25) is 0 Å². The molecule has 0 unspecified atom stereocenters. The van der Waals surface area contributed by atoms with E-state index in [-0.39, 0.29) is 12.0 Å². The first kappa shape index (κ1) is 14.5. The Balaban J connectivity index is 0.000000509. The van der Waals surface area contributed by atoms with Crippen molar-refractivity contribution in [3.63, 3.8) is 0 Å². The maximum absolute atomic E-state index is 12.5. The topological polar surface area (TPSA) is 24.1 Å². The van der Waals surface area contributed by atoms with Crippen LogP contribution in [0.1, 0.15) is 39.4 Å². The molecular weight excluding hydrogens is 203 g/mol. The summed E-state index contributed by atoms with van der Waals surface area (Å²) in [6.45, 7) is 8.00. The predicted octanol–water partition coefficient (Wildman–Crippen LogP) is 3.54. The summed E-state index contributed by atoms with van der Waals surface area (Å²) in [5.41, 5.74) is 1.03. The predicted molar refractivity (Wildman–Crippen MR) is 67.2 cm³/mol. The van der Waals surface area contributed by atoms with E-state index in [9.17, 15) is 4.39 Å². The van der Waals surface area contributed by atoms with E-state index in [2.05, 4.69) is 10.6 Å². The van der Waals surface area contributed by atoms with E-state index >= 15 is 0 Å². The summed E-state index contributed by atoms with van der Waals surface area (Å²) in [5, 5.41) is 6.16. The first-order valence-electron chi connectivity index (χ1n) is 5.79. The van der Waals surface area contributed by atoms with Crippen LogP contribution in [0.15, 0.2) is 36.7 Å². The van der Waals surface area contributed by atoms with Crippen molar-refractivity contribution in [2.75, 3.05) is 0 Å². The molecule has 0 fully saturated rings. The summed E-state index contributed by atoms with van der Waals surface area (Å²) in [7, 11) is 0. The van der Waals surface area contributed by atoms with Crippen molar-refractivity contribution in [1.82, 2.24) is 10.6 Å². The molecule has 2 rings (SSSR count). The van der Waals surface area contributed by atoms with Gasteiger partial charge in [-0.25, -0.2) is 4.39 Å². The lowest BCUT2D eigenvalue weighted by Crippen LogP contribution is -2.20.